The molecule has 0 amide bonds. The second-order valence-electron chi connectivity index (χ2n) is 3.82. The van der Waals surface area contributed by atoms with E-state index in [9.17, 15) is 0 Å². The van der Waals surface area contributed by atoms with Crippen molar-refractivity contribution in [2.24, 2.45) is 5.73 Å². The Morgan fingerprint density at radius 1 is 1.50 bits per heavy atom. The Morgan fingerprint density at radius 2 is 2.33 bits per heavy atom. The molecule has 2 rings (SSSR count). The van der Waals surface area contributed by atoms with Gasteiger partial charge >= 0.3 is 0 Å². The summed E-state index contributed by atoms with van der Waals surface area (Å²) >= 11 is 3.45. The van der Waals surface area contributed by atoms with Gasteiger partial charge in [0.2, 0.25) is 0 Å². The maximum atomic E-state index is 5.60. The van der Waals surface area contributed by atoms with Gasteiger partial charge in [0.1, 0.15) is 10.4 Å². The van der Waals surface area contributed by atoms with Crippen LogP contribution in [0.3, 0.4) is 0 Å². The van der Waals surface area contributed by atoms with Crippen LogP contribution in [0.15, 0.2) is 16.7 Å². The lowest BCUT2D eigenvalue weighted by Crippen LogP contribution is -2.07. The van der Waals surface area contributed by atoms with Crippen LogP contribution >= 0.6 is 15.9 Å². The molecule has 0 aliphatic rings. The molecule has 0 atom stereocenters. The third kappa shape index (κ3) is 2.80. The van der Waals surface area contributed by atoms with Crippen molar-refractivity contribution >= 4 is 27.4 Å². The lowest BCUT2D eigenvalue weighted by atomic mass is 10.4. The molecule has 0 saturated heterocycles. The summed E-state index contributed by atoms with van der Waals surface area (Å²) in [6.45, 7) is 1.95. The summed E-state index contributed by atoms with van der Waals surface area (Å²) in [5.74, 6) is 0.806. The predicted molar refractivity (Wildman–Crippen MR) is 73.6 cm³/mol. The lowest BCUT2D eigenvalue weighted by Gasteiger charge is -2.05. The molecule has 2 aromatic heterocycles. The Labute approximate surface area is 114 Å². The van der Waals surface area contributed by atoms with Crippen molar-refractivity contribution in [1.82, 2.24) is 14.6 Å². The molecular weight excluding hydrogens is 298 g/mol. The van der Waals surface area contributed by atoms with Gasteiger partial charge in [0.15, 0.2) is 5.65 Å². The van der Waals surface area contributed by atoms with Crippen LogP contribution < -0.4 is 11.1 Å². The van der Waals surface area contributed by atoms with Crippen LogP contribution in [0.2, 0.25) is 0 Å². The molecule has 0 radical (unpaired) electrons. The molecule has 2 aromatic rings. The summed E-state index contributed by atoms with van der Waals surface area (Å²) < 4.78 is 7.53. The number of rotatable bonds is 6. The van der Waals surface area contributed by atoms with Gasteiger partial charge in [0.05, 0.1) is 5.69 Å². The minimum Gasteiger partial charge on any atom is -0.385 e. The molecule has 0 aliphatic heterocycles. The number of halogens is 1. The average molecular weight is 314 g/mol. The normalized spacial score (nSPS) is 11.1. The molecule has 0 spiro atoms. The van der Waals surface area contributed by atoms with Gasteiger partial charge in [0, 0.05) is 26.8 Å². The van der Waals surface area contributed by atoms with Crippen molar-refractivity contribution in [2.45, 2.75) is 13.0 Å². The number of nitrogens with two attached hydrogens (primary N) is 1. The Balaban J connectivity index is 2.13. The fraction of sp³-hybridized carbons (Fsp3) is 0.455. The topological polar surface area (TPSA) is 77.5 Å². The number of hydrogen-bond acceptors (Lipinski definition) is 5. The third-order valence-corrected chi connectivity index (χ3v) is 3.31. The minimum atomic E-state index is 0.389. The number of ether oxygens (including phenoxy) is 1. The van der Waals surface area contributed by atoms with E-state index in [1.807, 2.05) is 12.1 Å². The van der Waals surface area contributed by atoms with Crippen molar-refractivity contribution in [1.29, 1.82) is 0 Å². The molecule has 0 fully saturated rings. The number of nitrogens with one attached hydrogen (secondary N) is 1. The first-order valence-corrected chi connectivity index (χ1v) is 6.52. The Hall–Kier alpha value is -1.18. The first kappa shape index (κ1) is 13.3. The molecule has 3 N–H and O–H groups in total. The highest BCUT2D eigenvalue weighted by molar-refractivity contribution is 9.10. The average Bonchev–Trinajstić information content (AvgIpc) is 2.71. The van der Waals surface area contributed by atoms with Gasteiger partial charge in [-0.3, -0.25) is 0 Å². The second-order valence-corrected chi connectivity index (χ2v) is 4.57. The van der Waals surface area contributed by atoms with E-state index in [1.165, 1.54) is 0 Å². The van der Waals surface area contributed by atoms with Crippen LogP contribution in [0.25, 0.3) is 5.65 Å². The van der Waals surface area contributed by atoms with Crippen LogP contribution in [-0.4, -0.2) is 34.9 Å². The van der Waals surface area contributed by atoms with Gasteiger partial charge in [-0.15, -0.1) is 5.10 Å². The van der Waals surface area contributed by atoms with E-state index in [0.717, 1.165) is 41.3 Å². The molecule has 0 aliphatic carbocycles. The van der Waals surface area contributed by atoms with E-state index >= 15 is 0 Å². The van der Waals surface area contributed by atoms with Gasteiger partial charge in [-0.2, -0.15) is 0 Å². The summed E-state index contributed by atoms with van der Waals surface area (Å²) in [5, 5.41) is 7.68. The summed E-state index contributed by atoms with van der Waals surface area (Å²) in [6.07, 6.45) is 0.940. The van der Waals surface area contributed by atoms with Crippen molar-refractivity contribution < 1.29 is 4.74 Å². The number of imidazole rings is 1. The maximum Gasteiger partial charge on any atom is 0.155 e. The van der Waals surface area contributed by atoms with Crippen molar-refractivity contribution in [3.8, 4) is 0 Å². The van der Waals surface area contributed by atoms with Gasteiger partial charge < -0.3 is 15.8 Å². The monoisotopic (exact) mass is 313 g/mol. The quantitative estimate of drug-likeness (QED) is 0.788. The second kappa shape index (κ2) is 6.12. The van der Waals surface area contributed by atoms with Crippen LogP contribution in [0.4, 0.5) is 5.82 Å². The van der Waals surface area contributed by atoms with Crippen molar-refractivity contribution in [2.75, 3.05) is 25.6 Å². The highest BCUT2D eigenvalue weighted by Crippen LogP contribution is 2.18. The summed E-state index contributed by atoms with van der Waals surface area (Å²) in [4.78, 5) is 4.36. The highest BCUT2D eigenvalue weighted by Gasteiger charge is 2.09. The Kier molecular flexibility index (Phi) is 4.51. The number of nitrogens with zero attached hydrogens (tertiary/aromatic N) is 3. The molecule has 0 aromatic carbocycles. The fourth-order valence-corrected chi connectivity index (χ4v) is 2.12. The van der Waals surface area contributed by atoms with Crippen LogP contribution in [0.1, 0.15) is 12.1 Å². The largest absolute Gasteiger partial charge is 0.385 e. The number of methoxy groups -OCH3 is 1. The molecule has 2 heterocycles. The van der Waals surface area contributed by atoms with E-state index in [-0.39, 0.29) is 0 Å². The first-order valence-electron chi connectivity index (χ1n) is 5.73. The molecule has 0 bridgehead atoms. The number of anilines is 1. The van der Waals surface area contributed by atoms with E-state index < -0.39 is 0 Å². The van der Waals surface area contributed by atoms with Crippen LogP contribution in [0, 0.1) is 0 Å². The maximum absolute atomic E-state index is 5.60. The molecule has 7 heteroatoms. The summed E-state index contributed by atoms with van der Waals surface area (Å²) in [7, 11) is 1.70. The number of aromatic nitrogens is 3. The predicted octanol–water partition coefficient (Wildman–Crippen LogP) is 1.40. The van der Waals surface area contributed by atoms with Crippen LogP contribution in [0.5, 0.6) is 0 Å². The van der Waals surface area contributed by atoms with E-state index in [2.05, 4.69) is 31.3 Å². The smallest absolute Gasteiger partial charge is 0.155 e. The molecule has 18 heavy (non-hydrogen) atoms. The lowest BCUT2D eigenvalue weighted by molar-refractivity contribution is 0.197. The van der Waals surface area contributed by atoms with E-state index in [0.29, 0.717) is 6.54 Å². The fourth-order valence-electron chi connectivity index (χ4n) is 1.61. The Bertz CT molecular complexity index is 527. The Morgan fingerprint density at radius 3 is 3.06 bits per heavy atom. The highest BCUT2D eigenvalue weighted by atomic mass is 79.9. The zero-order valence-electron chi connectivity index (χ0n) is 10.2. The van der Waals surface area contributed by atoms with Gasteiger partial charge in [-0.1, -0.05) is 0 Å². The molecule has 0 unspecified atom stereocenters. The summed E-state index contributed by atoms with van der Waals surface area (Å²) in [6, 6.07) is 3.82. The zero-order chi connectivity index (χ0) is 13.0. The minimum absolute atomic E-state index is 0.389. The SMILES string of the molecule is COCCCNc1ccc2nc(CN)c(Br)n2n1. The standard InChI is InChI=1S/C11H16BrN5O/c1-18-6-2-5-14-9-3-4-10-15-8(7-13)11(12)17(10)16-9/h3-4H,2,5-7,13H2,1H3,(H,14,16). The zero-order valence-corrected chi connectivity index (χ0v) is 11.8. The first-order chi connectivity index (χ1) is 8.76. The van der Waals surface area contributed by atoms with Gasteiger partial charge in [-0.25, -0.2) is 9.50 Å². The molecule has 0 saturated carbocycles. The molecule has 6 nitrogen and oxygen atoms in total. The molecular formula is C11H16BrN5O. The van der Waals surface area contributed by atoms with Gasteiger partial charge in [-0.05, 0) is 34.5 Å². The van der Waals surface area contributed by atoms with Crippen molar-refractivity contribution in [3.63, 3.8) is 0 Å². The number of fused-ring (bicyclic) bond motifs is 1. The number of hydrogen-bond donors (Lipinski definition) is 2. The van der Waals surface area contributed by atoms with E-state index in [4.69, 9.17) is 10.5 Å². The van der Waals surface area contributed by atoms with Crippen LogP contribution in [-0.2, 0) is 11.3 Å². The molecule has 98 valence electrons. The van der Waals surface area contributed by atoms with E-state index in [1.54, 1.807) is 11.6 Å². The third-order valence-electron chi connectivity index (χ3n) is 2.51. The summed E-state index contributed by atoms with van der Waals surface area (Å²) in [5.41, 5.74) is 7.19. The van der Waals surface area contributed by atoms with Crippen molar-refractivity contribution in [3.05, 3.63) is 22.4 Å². The van der Waals surface area contributed by atoms with Gasteiger partial charge in [0.25, 0.3) is 0 Å².